The van der Waals surface area contributed by atoms with Gasteiger partial charge in [0.2, 0.25) is 0 Å². The normalized spacial score (nSPS) is 17.7. The molecule has 126 valence electrons. The van der Waals surface area contributed by atoms with Gasteiger partial charge in [-0.05, 0) is 36.8 Å². The maximum Gasteiger partial charge on any atom is 0.255 e. The number of aryl methyl sites for hydroxylation is 1. The molecule has 1 aliphatic heterocycles. The number of carbonyl (C=O) groups is 1. The van der Waals surface area contributed by atoms with Crippen LogP contribution < -0.4 is 0 Å². The van der Waals surface area contributed by atoms with Crippen molar-refractivity contribution in [3.8, 4) is 0 Å². The number of amides is 1. The maximum absolute atomic E-state index is 12.9. The lowest BCUT2D eigenvalue weighted by molar-refractivity contribution is -0.0247. The summed E-state index contributed by atoms with van der Waals surface area (Å²) in [6.45, 7) is 1.96. The monoisotopic (exact) mass is 341 g/mol. The van der Waals surface area contributed by atoms with Crippen LogP contribution in [0.4, 0.5) is 0 Å². The van der Waals surface area contributed by atoms with Gasteiger partial charge in [-0.15, -0.1) is 11.8 Å². The van der Waals surface area contributed by atoms with E-state index in [2.05, 4.69) is 24.3 Å². The van der Waals surface area contributed by atoms with E-state index in [-0.39, 0.29) is 12.0 Å². The molecule has 1 fully saturated rings. The van der Waals surface area contributed by atoms with E-state index in [9.17, 15) is 4.79 Å². The van der Waals surface area contributed by atoms with Crippen LogP contribution in [0.2, 0.25) is 0 Å². The van der Waals surface area contributed by atoms with Crippen molar-refractivity contribution in [2.45, 2.75) is 23.8 Å². The highest BCUT2D eigenvalue weighted by molar-refractivity contribution is 7.98. The molecule has 0 aromatic heterocycles. The van der Waals surface area contributed by atoms with Gasteiger partial charge in [-0.3, -0.25) is 4.79 Å². The average molecular weight is 341 g/mol. The minimum Gasteiger partial charge on any atom is -0.375 e. The number of benzene rings is 2. The van der Waals surface area contributed by atoms with E-state index in [4.69, 9.17) is 4.74 Å². The molecule has 1 heterocycles. The van der Waals surface area contributed by atoms with Crippen LogP contribution in [0.1, 0.15) is 22.3 Å². The molecule has 2 aromatic carbocycles. The molecule has 3 nitrogen and oxygen atoms in total. The van der Waals surface area contributed by atoms with Gasteiger partial charge in [0, 0.05) is 18.0 Å². The van der Waals surface area contributed by atoms with E-state index in [0.29, 0.717) is 19.7 Å². The summed E-state index contributed by atoms with van der Waals surface area (Å²) in [5.41, 5.74) is 2.12. The Morgan fingerprint density at radius 1 is 1.17 bits per heavy atom. The minimum atomic E-state index is 0.115. The number of morpholine rings is 1. The molecule has 0 bridgehead atoms. The number of nitrogens with zero attached hydrogens (tertiary/aromatic N) is 1. The first-order valence-electron chi connectivity index (χ1n) is 8.36. The third-order valence-electron chi connectivity index (χ3n) is 4.36. The van der Waals surface area contributed by atoms with Crippen molar-refractivity contribution in [2.24, 2.45) is 0 Å². The molecule has 2 aromatic rings. The lowest BCUT2D eigenvalue weighted by atomic mass is 10.1. The molecule has 0 N–H and O–H groups in total. The Hall–Kier alpha value is -1.78. The van der Waals surface area contributed by atoms with Crippen LogP contribution in [0.25, 0.3) is 0 Å². The fraction of sp³-hybridized carbons (Fsp3) is 0.350. The van der Waals surface area contributed by atoms with Gasteiger partial charge >= 0.3 is 0 Å². The fourth-order valence-corrected chi connectivity index (χ4v) is 3.63. The van der Waals surface area contributed by atoms with E-state index >= 15 is 0 Å². The van der Waals surface area contributed by atoms with Crippen LogP contribution >= 0.6 is 11.8 Å². The summed E-state index contributed by atoms with van der Waals surface area (Å²) in [4.78, 5) is 15.8. The highest BCUT2D eigenvalue weighted by Gasteiger charge is 2.26. The highest BCUT2D eigenvalue weighted by Crippen LogP contribution is 2.23. The van der Waals surface area contributed by atoms with E-state index in [1.165, 1.54) is 5.56 Å². The molecule has 1 aliphatic rings. The molecule has 24 heavy (non-hydrogen) atoms. The average Bonchev–Trinajstić information content (AvgIpc) is 2.67. The Balaban J connectivity index is 1.61. The zero-order valence-electron chi connectivity index (χ0n) is 14.0. The number of rotatable bonds is 5. The molecule has 4 heteroatoms. The van der Waals surface area contributed by atoms with Crippen molar-refractivity contribution in [2.75, 3.05) is 26.0 Å². The first-order valence-corrected chi connectivity index (χ1v) is 9.58. The molecule has 1 atom stereocenters. The standard InChI is InChI=1S/C20H23NO2S/c1-24-19-10-6-5-9-18(19)20(22)21-13-14-23-17(15-21)12-11-16-7-3-2-4-8-16/h2-10,17H,11-15H2,1H3/t17-/m0/s1. The van der Waals surface area contributed by atoms with Crippen molar-refractivity contribution < 1.29 is 9.53 Å². The van der Waals surface area contributed by atoms with Crippen molar-refractivity contribution in [1.82, 2.24) is 4.90 Å². The Labute approximate surface area is 148 Å². The molecule has 0 unspecified atom stereocenters. The van der Waals surface area contributed by atoms with Crippen LogP contribution in [-0.2, 0) is 11.2 Å². The van der Waals surface area contributed by atoms with Crippen LogP contribution in [0.5, 0.6) is 0 Å². The molecule has 3 rings (SSSR count). The van der Waals surface area contributed by atoms with Crippen LogP contribution in [0, 0.1) is 0 Å². The summed E-state index contributed by atoms with van der Waals surface area (Å²) in [5.74, 6) is 0.118. The highest BCUT2D eigenvalue weighted by atomic mass is 32.2. The van der Waals surface area contributed by atoms with Gasteiger partial charge in [-0.2, -0.15) is 0 Å². The third kappa shape index (κ3) is 4.19. The largest absolute Gasteiger partial charge is 0.375 e. The summed E-state index contributed by atoms with van der Waals surface area (Å²) >= 11 is 1.62. The molecule has 1 saturated heterocycles. The van der Waals surface area contributed by atoms with Crippen LogP contribution in [0.3, 0.4) is 0 Å². The topological polar surface area (TPSA) is 29.5 Å². The zero-order chi connectivity index (χ0) is 16.8. The molecule has 0 spiro atoms. The fourth-order valence-electron chi connectivity index (χ4n) is 3.04. The molecule has 0 saturated carbocycles. The third-order valence-corrected chi connectivity index (χ3v) is 5.16. The predicted molar refractivity (Wildman–Crippen MR) is 98.6 cm³/mol. The van der Waals surface area contributed by atoms with E-state index < -0.39 is 0 Å². The van der Waals surface area contributed by atoms with Gasteiger partial charge in [-0.25, -0.2) is 0 Å². The van der Waals surface area contributed by atoms with Crippen molar-refractivity contribution in [3.63, 3.8) is 0 Å². The van der Waals surface area contributed by atoms with Gasteiger partial charge in [-0.1, -0.05) is 42.5 Å². The Kier molecular flexibility index (Phi) is 5.94. The summed E-state index contributed by atoms with van der Waals surface area (Å²) in [7, 11) is 0. The van der Waals surface area contributed by atoms with Gasteiger partial charge in [0.15, 0.2) is 0 Å². The van der Waals surface area contributed by atoms with Gasteiger partial charge in [0.25, 0.3) is 5.91 Å². The quantitative estimate of drug-likeness (QED) is 0.773. The predicted octanol–water partition coefficient (Wildman–Crippen LogP) is 3.88. The first-order chi connectivity index (χ1) is 11.8. The number of carbonyl (C=O) groups excluding carboxylic acids is 1. The summed E-state index contributed by atoms with van der Waals surface area (Å²) in [6.07, 6.45) is 4.05. The molecule has 0 aliphatic carbocycles. The van der Waals surface area contributed by atoms with Crippen LogP contribution in [0.15, 0.2) is 59.5 Å². The number of hydrogen-bond acceptors (Lipinski definition) is 3. The van der Waals surface area contributed by atoms with E-state index in [0.717, 1.165) is 23.3 Å². The molecule has 1 amide bonds. The Morgan fingerprint density at radius 2 is 1.92 bits per heavy atom. The van der Waals surface area contributed by atoms with Crippen molar-refractivity contribution in [1.29, 1.82) is 0 Å². The number of ether oxygens (including phenoxy) is 1. The summed E-state index contributed by atoms with van der Waals surface area (Å²) in [5, 5.41) is 0. The smallest absolute Gasteiger partial charge is 0.255 e. The lowest BCUT2D eigenvalue weighted by Gasteiger charge is -2.33. The number of hydrogen-bond donors (Lipinski definition) is 0. The second kappa shape index (κ2) is 8.36. The van der Waals surface area contributed by atoms with Crippen molar-refractivity contribution >= 4 is 17.7 Å². The zero-order valence-corrected chi connectivity index (χ0v) is 14.8. The van der Waals surface area contributed by atoms with Crippen LogP contribution in [-0.4, -0.2) is 42.9 Å². The Bertz CT molecular complexity index is 674. The second-order valence-electron chi connectivity index (χ2n) is 5.97. The Morgan fingerprint density at radius 3 is 2.71 bits per heavy atom. The SMILES string of the molecule is CSc1ccccc1C(=O)N1CCO[C@@H](CCc2ccccc2)C1. The van der Waals surface area contributed by atoms with Gasteiger partial charge in [0.05, 0.1) is 18.3 Å². The molecular weight excluding hydrogens is 318 g/mol. The molecular formula is C20H23NO2S. The van der Waals surface area contributed by atoms with Gasteiger partial charge < -0.3 is 9.64 Å². The number of thioether (sulfide) groups is 1. The lowest BCUT2D eigenvalue weighted by Crippen LogP contribution is -2.45. The maximum atomic E-state index is 12.9. The summed E-state index contributed by atoms with van der Waals surface area (Å²) < 4.78 is 5.87. The van der Waals surface area contributed by atoms with Crippen molar-refractivity contribution in [3.05, 3.63) is 65.7 Å². The summed E-state index contributed by atoms with van der Waals surface area (Å²) in [6, 6.07) is 18.3. The second-order valence-corrected chi connectivity index (χ2v) is 6.82. The first kappa shape index (κ1) is 17.1. The van der Waals surface area contributed by atoms with Gasteiger partial charge in [0.1, 0.15) is 0 Å². The minimum absolute atomic E-state index is 0.115. The van der Waals surface area contributed by atoms with E-state index in [1.807, 2.05) is 41.5 Å². The van der Waals surface area contributed by atoms with E-state index in [1.54, 1.807) is 11.8 Å². The molecule has 0 radical (unpaired) electrons.